The van der Waals surface area contributed by atoms with Crippen molar-refractivity contribution in [3.8, 4) is 0 Å². The maximum atomic E-state index is 13.2. The van der Waals surface area contributed by atoms with Gasteiger partial charge < -0.3 is 15.1 Å². The molecule has 5 rings (SSSR count). The molecule has 0 bridgehead atoms. The number of aromatic nitrogens is 3. The van der Waals surface area contributed by atoms with Gasteiger partial charge in [0.25, 0.3) is 0 Å². The highest BCUT2D eigenvalue weighted by molar-refractivity contribution is 5.91. The van der Waals surface area contributed by atoms with Crippen LogP contribution in [0.2, 0.25) is 0 Å². The molecule has 2 atom stereocenters. The van der Waals surface area contributed by atoms with Crippen LogP contribution >= 0.6 is 0 Å². The zero-order chi connectivity index (χ0) is 23.7. The number of rotatable bonds is 4. The fourth-order valence-corrected chi connectivity index (χ4v) is 4.67. The minimum absolute atomic E-state index is 0.00448. The minimum atomic E-state index is -0.286. The molecule has 2 aliphatic rings. The average Bonchev–Trinajstić information content (AvgIpc) is 3.29. The summed E-state index contributed by atoms with van der Waals surface area (Å²) in [5, 5.41) is 3.04. The lowest BCUT2D eigenvalue weighted by molar-refractivity contribution is 0.168. The van der Waals surface area contributed by atoms with Crippen molar-refractivity contribution in [2.75, 3.05) is 24.5 Å². The lowest BCUT2D eigenvalue weighted by atomic mass is 10.1. The van der Waals surface area contributed by atoms with E-state index in [1.54, 1.807) is 30.9 Å². The predicted octanol–water partition coefficient (Wildman–Crippen LogP) is 4.09. The Kier molecular flexibility index (Phi) is 5.96. The summed E-state index contributed by atoms with van der Waals surface area (Å²) in [6.07, 6.45) is 8.18. The van der Waals surface area contributed by atoms with Gasteiger partial charge in [0.15, 0.2) is 0 Å². The van der Waals surface area contributed by atoms with E-state index in [9.17, 15) is 9.18 Å². The fourth-order valence-electron chi connectivity index (χ4n) is 4.67. The number of hydrogen-bond donors (Lipinski definition) is 1. The third kappa shape index (κ3) is 4.35. The first-order valence-electron chi connectivity index (χ1n) is 11.5. The highest BCUT2D eigenvalue weighted by Gasteiger charge is 2.31. The number of pyridine rings is 1. The Labute approximate surface area is 198 Å². The quantitative estimate of drug-likeness (QED) is 0.638. The van der Waals surface area contributed by atoms with Crippen molar-refractivity contribution in [1.82, 2.24) is 25.2 Å². The summed E-state index contributed by atoms with van der Waals surface area (Å²) < 4.78 is 13.2. The molecule has 3 heterocycles. The van der Waals surface area contributed by atoms with E-state index in [1.165, 1.54) is 17.7 Å². The van der Waals surface area contributed by atoms with Gasteiger partial charge in [0.05, 0.1) is 11.7 Å². The lowest BCUT2D eigenvalue weighted by Crippen LogP contribution is -2.57. The summed E-state index contributed by atoms with van der Waals surface area (Å²) in [6, 6.07) is 9.93. The largest absolute Gasteiger partial charge is 0.352 e. The van der Waals surface area contributed by atoms with Crippen LogP contribution in [0.15, 0.2) is 55.1 Å². The summed E-state index contributed by atoms with van der Waals surface area (Å²) >= 11 is 0. The van der Waals surface area contributed by atoms with Gasteiger partial charge in [0.1, 0.15) is 18.0 Å². The molecule has 34 heavy (non-hydrogen) atoms. The van der Waals surface area contributed by atoms with Crippen molar-refractivity contribution >= 4 is 23.5 Å². The van der Waals surface area contributed by atoms with Crippen molar-refractivity contribution in [2.45, 2.75) is 32.4 Å². The van der Waals surface area contributed by atoms with Crippen molar-refractivity contribution in [1.29, 1.82) is 0 Å². The second-order valence-corrected chi connectivity index (χ2v) is 8.85. The average molecular weight is 459 g/mol. The van der Waals surface area contributed by atoms with Gasteiger partial charge in [0, 0.05) is 50.1 Å². The normalized spacial score (nSPS) is 18.3. The van der Waals surface area contributed by atoms with E-state index in [1.807, 2.05) is 30.9 Å². The number of hydrogen-bond acceptors (Lipinski definition) is 5. The summed E-state index contributed by atoms with van der Waals surface area (Å²) in [5.41, 5.74) is 5.31. The van der Waals surface area contributed by atoms with E-state index in [0.717, 1.165) is 34.6 Å². The molecule has 1 N–H and O–H groups in total. The van der Waals surface area contributed by atoms with Gasteiger partial charge in [-0.3, -0.25) is 4.98 Å². The molecule has 2 amide bonds. The Bertz CT molecular complexity index is 1210. The predicted molar refractivity (Wildman–Crippen MR) is 130 cm³/mol. The first-order chi connectivity index (χ1) is 16.5. The molecule has 0 spiro atoms. The van der Waals surface area contributed by atoms with Gasteiger partial charge in [-0.05, 0) is 60.9 Å². The highest BCUT2D eigenvalue weighted by Crippen LogP contribution is 2.35. The summed E-state index contributed by atoms with van der Waals surface area (Å²) in [6.45, 7) is 5.91. The maximum absolute atomic E-state index is 13.2. The number of amides is 2. The van der Waals surface area contributed by atoms with E-state index >= 15 is 0 Å². The highest BCUT2D eigenvalue weighted by atomic mass is 19.1. The number of carbonyl (C=O) groups is 1. The van der Waals surface area contributed by atoms with Crippen LogP contribution in [0, 0.1) is 5.82 Å². The molecular formula is C26H27FN6O. The first kappa shape index (κ1) is 22.0. The Hall–Kier alpha value is -3.81. The standard InChI is InChI=1S/C26H27FN6O/c1-17-15-32(11-12-33(17)26(34)31-18(2)19-3-5-22(27)6-4-19)25-23-13-21(14-24(23)29-16-30-25)20-7-9-28-10-8-20/h3-10,13,16-18H,11-12,14-15H2,1-2H3,(H,31,34)/t17-,18+/m1/s1. The van der Waals surface area contributed by atoms with Crippen molar-refractivity contribution in [3.63, 3.8) is 0 Å². The minimum Gasteiger partial charge on any atom is -0.352 e. The molecule has 2 aromatic heterocycles. The summed E-state index contributed by atoms with van der Waals surface area (Å²) in [7, 11) is 0. The van der Waals surface area contributed by atoms with Gasteiger partial charge in [-0.1, -0.05) is 12.1 Å². The fraction of sp³-hybridized carbons (Fsp3) is 0.308. The van der Waals surface area contributed by atoms with Crippen LogP contribution in [-0.2, 0) is 6.42 Å². The van der Waals surface area contributed by atoms with Crippen LogP contribution in [0.3, 0.4) is 0 Å². The molecule has 1 fully saturated rings. The number of nitrogens with one attached hydrogen (secondary N) is 1. The number of urea groups is 1. The van der Waals surface area contributed by atoms with E-state index in [0.29, 0.717) is 19.6 Å². The number of allylic oxidation sites excluding steroid dienone is 1. The molecular weight excluding hydrogens is 431 g/mol. The van der Waals surface area contributed by atoms with E-state index in [2.05, 4.69) is 31.2 Å². The Morgan fingerprint density at radius 1 is 1.12 bits per heavy atom. The summed E-state index contributed by atoms with van der Waals surface area (Å²) in [4.78, 5) is 30.3. The van der Waals surface area contributed by atoms with E-state index < -0.39 is 0 Å². The van der Waals surface area contributed by atoms with Gasteiger partial charge in [-0.25, -0.2) is 19.2 Å². The van der Waals surface area contributed by atoms with Crippen LogP contribution in [0.25, 0.3) is 11.6 Å². The second kappa shape index (κ2) is 9.21. The molecule has 0 saturated carbocycles. The molecule has 0 unspecified atom stereocenters. The van der Waals surface area contributed by atoms with Crippen molar-refractivity contribution in [2.24, 2.45) is 0 Å². The number of nitrogens with zero attached hydrogens (tertiary/aromatic N) is 5. The van der Waals surface area contributed by atoms with Crippen molar-refractivity contribution < 1.29 is 9.18 Å². The molecule has 1 aromatic carbocycles. The van der Waals surface area contributed by atoms with Crippen LogP contribution in [0.5, 0.6) is 0 Å². The molecule has 0 radical (unpaired) electrons. The Morgan fingerprint density at radius 3 is 2.62 bits per heavy atom. The Morgan fingerprint density at radius 2 is 1.88 bits per heavy atom. The van der Waals surface area contributed by atoms with Gasteiger partial charge >= 0.3 is 6.03 Å². The lowest BCUT2D eigenvalue weighted by Gasteiger charge is -2.41. The number of fused-ring (bicyclic) bond motifs is 1. The second-order valence-electron chi connectivity index (χ2n) is 8.85. The molecule has 7 nitrogen and oxygen atoms in total. The monoisotopic (exact) mass is 458 g/mol. The molecule has 3 aromatic rings. The van der Waals surface area contributed by atoms with Crippen LogP contribution < -0.4 is 10.2 Å². The van der Waals surface area contributed by atoms with Crippen LogP contribution in [-0.4, -0.2) is 51.6 Å². The smallest absolute Gasteiger partial charge is 0.318 e. The third-order valence-corrected chi connectivity index (χ3v) is 6.57. The molecule has 8 heteroatoms. The Balaban J connectivity index is 1.27. The van der Waals surface area contributed by atoms with Crippen molar-refractivity contribution in [3.05, 3.63) is 83.3 Å². The number of halogens is 1. The third-order valence-electron chi connectivity index (χ3n) is 6.57. The van der Waals surface area contributed by atoms with Crippen LogP contribution in [0.1, 0.15) is 42.3 Å². The van der Waals surface area contributed by atoms with E-state index in [4.69, 9.17) is 0 Å². The van der Waals surface area contributed by atoms with Crippen LogP contribution in [0.4, 0.5) is 15.0 Å². The molecule has 1 saturated heterocycles. The van der Waals surface area contributed by atoms with E-state index in [-0.39, 0.29) is 23.9 Å². The number of anilines is 1. The molecule has 1 aliphatic heterocycles. The number of benzene rings is 1. The maximum Gasteiger partial charge on any atom is 0.318 e. The summed E-state index contributed by atoms with van der Waals surface area (Å²) in [5.74, 6) is 0.631. The molecule has 174 valence electrons. The zero-order valence-electron chi connectivity index (χ0n) is 19.3. The SMILES string of the molecule is C[C@H](NC(=O)N1CCN(c2ncnc3c2C=C(c2ccncc2)C3)C[C@H]1C)c1ccc(F)cc1. The van der Waals surface area contributed by atoms with Gasteiger partial charge in [0.2, 0.25) is 0 Å². The molecule has 1 aliphatic carbocycles. The topological polar surface area (TPSA) is 74.2 Å². The van der Waals surface area contributed by atoms with Gasteiger partial charge in [-0.15, -0.1) is 0 Å². The van der Waals surface area contributed by atoms with Gasteiger partial charge in [-0.2, -0.15) is 0 Å². The first-order valence-corrected chi connectivity index (χ1v) is 11.5. The number of carbonyl (C=O) groups excluding carboxylic acids is 1. The number of piperazine rings is 1. The zero-order valence-corrected chi connectivity index (χ0v) is 19.3.